The Labute approximate surface area is 232 Å². The Balaban J connectivity index is 0. The Morgan fingerprint density at radius 2 is 1.05 bits per heavy atom. The standard InChI is InChI=1S/C23H50NO.C6H12O7/c1-5-8-10-12-14-16-18-20-22-24(7-3,25-4)23-21-19-17-15-13-11-9-6-2;7-1-2(8)3(9)4(10)5(11)6(12)13/h5-23H2,1-4H3;2-5,7-11H,1H2,(H,12,13)/q+1;/p-1/t;2-,3-,4+,5-/m.1/s1. The number of nitrogens with zero attached hydrogens (tertiary/aromatic N) is 1. The number of aliphatic hydroxyl groups is 5. The van der Waals surface area contributed by atoms with E-state index in [9.17, 15) is 9.90 Å². The average molecular weight is 552 g/mol. The Morgan fingerprint density at radius 1 is 0.684 bits per heavy atom. The van der Waals surface area contributed by atoms with Crippen LogP contribution in [0.2, 0.25) is 0 Å². The first-order valence-electron chi connectivity index (χ1n) is 15.1. The van der Waals surface area contributed by atoms with Crippen molar-refractivity contribution in [1.82, 2.24) is 0 Å². The van der Waals surface area contributed by atoms with E-state index in [4.69, 9.17) is 30.4 Å². The van der Waals surface area contributed by atoms with Crippen molar-refractivity contribution >= 4 is 5.97 Å². The van der Waals surface area contributed by atoms with Crippen molar-refractivity contribution in [3.63, 3.8) is 0 Å². The molecule has 0 aromatic heterocycles. The lowest BCUT2D eigenvalue weighted by Crippen LogP contribution is -2.52. The van der Waals surface area contributed by atoms with Crippen molar-refractivity contribution in [1.29, 1.82) is 0 Å². The van der Waals surface area contributed by atoms with Gasteiger partial charge in [-0.15, -0.1) is 0 Å². The lowest BCUT2D eigenvalue weighted by molar-refractivity contribution is -1.10. The fourth-order valence-corrected chi connectivity index (χ4v) is 4.47. The Hall–Kier alpha value is -0.810. The molecule has 0 spiro atoms. The maximum Gasteiger partial charge on any atom is 0.122 e. The SMILES string of the molecule is CCCCCCCCCC[N+](CC)(CCCCCCCCCC)OC.O=C([O-])[C@H](O)[C@@H](O)[C@H](O)[C@H](O)CO. The van der Waals surface area contributed by atoms with Crippen LogP contribution in [0.5, 0.6) is 0 Å². The summed E-state index contributed by atoms with van der Waals surface area (Å²) in [5.74, 6) is -1.98. The number of hydrogen-bond acceptors (Lipinski definition) is 8. The number of hydroxylamine groups is 3. The van der Waals surface area contributed by atoms with E-state index < -0.39 is 37.0 Å². The van der Waals surface area contributed by atoms with E-state index in [1.165, 1.54) is 116 Å². The first-order valence-corrected chi connectivity index (χ1v) is 15.1. The Kier molecular flexibility index (Phi) is 27.3. The van der Waals surface area contributed by atoms with E-state index in [-0.39, 0.29) is 0 Å². The molecule has 0 bridgehead atoms. The highest BCUT2D eigenvalue weighted by Crippen LogP contribution is 2.16. The van der Waals surface area contributed by atoms with Gasteiger partial charge >= 0.3 is 0 Å². The van der Waals surface area contributed by atoms with Gasteiger partial charge in [0.15, 0.2) is 0 Å². The molecule has 9 heteroatoms. The molecule has 5 N–H and O–H groups in total. The van der Waals surface area contributed by atoms with E-state index in [1.54, 1.807) is 0 Å². The monoisotopic (exact) mass is 551 g/mol. The van der Waals surface area contributed by atoms with E-state index in [0.29, 0.717) is 0 Å². The zero-order chi connectivity index (χ0) is 29.2. The summed E-state index contributed by atoms with van der Waals surface area (Å²) in [6.07, 6.45) is 14.3. The minimum atomic E-state index is -2.31. The zero-order valence-electron chi connectivity index (χ0n) is 24.9. The number of carboxylic acid groups (broad SMARTS) is 1. The van der Waals surface area contributed by atoms with Gasteiger partial charge in [0.1, 0.15) is 44.1 Å². The van der Waals surface area contributed by atoms with Crippen LogP contribution in [0.4, 0.5) is 0 Å². The molecule has 0 heterocycles. The summed E-state index contributed by atoms with van der Waals surface area (Å²) in [5.41, 5.74) is 0. The van der Waals surface area contributed by atoms with E-state index in [0.717, 1.165) is 11.2 Å². The van der Waals surface area contributed by atoms with Crippen molar-refractivity contribution in [2.75, 3.05) is 33.4 Å². The number of quaternary nitrogens is 1. The summed E-state index contributed by atoms with van der Waals surface area (Å²) in [7, 11) is 1.92. The summed E-state index contributed by atoms with van der Waals surface area (Å²) in [4.78, 5) is 15.9. The second kappa shape index (κ2) is 26.4. The number of hydrogen-bond donors (Lipinski definition) is 5. The number of rotatable bonds is 25. The van der Waals surface area contributed by atoms with Gasteiger partial charge in [0.2, 0.25) is 0 Å². The Morgan fingerprint density at radius 3 is 1.34 bits per heavy atom. The third kappa shape index (κ3) is 20.1. The van der Waals surface area contributed by atoms with Crippen LogP contribution < -0.4 is 5.11 Å². The fraction of sp³-hybridized carbons (Fsp3) is 0.966. The number of carboxylic acids is 1. The highest BCUT2D eigenvalue weighted by atomic mass is 16.7. The molecule has 0 rings (SSSR count). The highest BCUT2D eigenvalue weighted by molar-refractivity contribution is 5.70. The third-order valence-electron chi connectivity index (χ3n) is 7.30. The molecule has 230 valence electrons. The van der Waals surface area contributed by atoms with Gasteiger partial charge in [-0.05, 0) is 32.6 Å². The average Bonchev–Trinajstić information content (AvgIpc) is 2.93. The van der Waals surface area contributed by atoms with Crippen LogP contribution >= 0.6 is 0 Å². The zero-order valence-corrected chi connectivity index (χ0v) is 24.9. The smallest absolute Gasteiger partial charge is 0.122 e. The van der Waals surface area contributed by atoms with Crippen molar-refractivity contribution in [2.24, 2.45) is 0 Å². The second-order valence-corrected chi connectivity index (χ2v) is 10.4. The number of unbranched alkanes of at least 4 members (excludes halogenated alkanes) is 14. The molecule has 9 nitrogen and oxygen atoms in total. The van der Waals surface area contributed by atoms with Crippen LogP contribution in [-0.4, -0.2) is 93.9 Å². The number of carbonyl (C=O) groups excluding carboxylic acids is 1. The van der Waals surface area contributed by atoms with Gasteiger partial charge in [-0.3, -0.25) is 0 Å². The lowest BCUT2D eigenvalue weighted by atomic mass is 10.0. The number of carbonyl (C=O) groups is 1. The van der Waals surface area contributed by atoms with Gasteiger partial charge < -0.3 is 35.4 Å². The van der Waals surface area contributed by atoms with Gasteiger partial charge in [0.25, 0.3) is 0 Å². The molecule has 0 saturated carbocycles. The first kappa shape index (κ1) is 39.3. The first-order chi connectivity index (χ1) is 18.2. The summed E-state index contributed by atoms with van der Waals surface area (Å²) in [5, 5.41) is 53.4. The minimum absolute atomic E-state index is 0.863. The maximum absolute atomic E-state index is 9.98. The molecule has 38 heavy (non-hydrogen) atoms. The number of aliphatic hydroxyl groups excluding tert-OH is 5. The molecule has 0 aliphatic rings. The molecule has 4 atom stereocenters. The maximum atomic E-state index is 9.98. The van der Waals surface area contributed by atoms with E-state index in [1.807, 2.05) is 7.11 Å². The van der Waals surface area contributed by atoms with Crippen LogP contribution in [0.3, 0.4) is 0 Å². The van der Waals surface area contributed by atoms with Crippen LogP contribution in [0.1, 0.15) is 124 Å². The molecule has 0 radical (unpaired) electrons. The van der Waals surface area contributed by atoms with E-state index in [2.05, 4.69) is 20.8 Å². The lowest BCUT2D eigenvalue weighted by Gasteiger charge is -2.33. The largest absolute Gasteiger partial charge is 0.547 e. The Bertz CT molecular complexity index is 497. The summed E-state index contributed by atoms with van der Waals surface area (Å²) in [6.45, 7) is 9.54. The minimum Gasteiger partial charge on any atom is -0.547 e. The van der Waals surface area contributed by atoms with Gasteiger partial charge in [0, 0.05) is 0 Å². The van der Waals surface area contributed by atoms with Crippen molar-refractivity contribution in [3.05, 3.63) is 0 Å². The summed E-state index contributed by atoms with van der Waals surface area (Å²) < 4.78 is 0.881. The van der Waals surface area contributed by atoms with Crippen LogP contribution in [-0.2, 0) is 9.63 Å². The summed E-state index contributed by atoms with van der Waals surface area (Å²) >= 11 is 0. The molecule has 0 saturated heterocycles. The second-order valence-electron chi connectivity index (χ2n) is 10.4. The van der Waals surface area contributed by atoms with Gasteiger partial charge in [-0.1, -0.05) is 90.9 Å². The molecular weight excluding hydrogens is 490 g/mol. The topological polar surface area (TPSA) is 151 Å². The molecule has 0 aliphatic heterocycles. The third-order valence-corrected chi connectivity index (χ3v) is 7.30. The van der Waals surface area contributed by atoms with Crippen molar-refractivity contribution in [3.8, 4) is 0 Å². The summed E-state index contributed by atoms with van der Waals surface area (Å²) in [6, 6.07) is 0. The molecule has 0 aliphatic carbocycles. The molecule has 0 fully saturated rings. The number of aliphatic carboxylic acids is 1. The van der Waals surface area contributed by atoms with Crippen LogP contribution in [0.25, 0.3) is 0 Å². The molecule has 0 amide bonds. The van der Waals surface area contributed by atoms with Crippen LogP contribution in [0, 0.1) is 0 Å². The van der Waals surface area contributed by atoms with Crippen molar-refractivity contribution < 1.29 is 44.9 Å². The normalized spacial score (nSPS) is 14.9. The van der Waals surface area contributed by atoms with Crippen LogP contribution in [0.15, 0.2) is 0 Å². The predicted octanol–water partition coefficient (Wildman–Crippen LogP) is 2.84. The quantitative estimate of drug-likeness (QED) is 0.0660. The van der Waals surface area contributed by atoms with Gasteiger partial charge in [-0.25, -0.2) is 4.84 Å². The molecular formula is C29H61NO8. The highest BCUT2D eigenvalue weighted by Gasteiger charge is 2.30. The molecule has 0 aromatic rings. The molecule has 0 unspecified atom stereocenters. The molecule has 0 aromatic carbocycles. The van der Waals surface area contributed by atoms with Crippen molar-refractivity contribution in [2.45, 2.75) is 148 Å². The van der Waals surface area contributed by atoms with Gasteiger partial charge in [0.05, 0.1) is 19.7 Å². The van der Waals surface area contributed by atoms with Gasteiger partial charge in [-0.2, -0.15) is 4.65 Å². The fourth-order valence-electron chi connectivity index (χ4n) is 4.47. The van der Waals surface area contributed by atoms with E-state index >= 15 is 0 Å². The predicted molar refractivity (Wildman–Crippen MR) is 149 cm³/mol.